The first-order valence-corrected chi connectivity index (χ1v) is 19.2. The van der Waals surface area contributed by atoms with Crippen molar-refractivity contribution in [3.63, 3.8) is 0 Å². The number of rotatable bonds is 13. The highest BCUT2D eigenvalue weighted by atomic mass is 32.2. The molecular weight excluding hydrogens is 833 g/mol. The van der Waals surface area contributed by atoms with Crippen molar-refractivity contribution in [3.8, 4) is 22.6 Å². The van der Waals surface area contributed by atoms with E-state index in [9.17, 15) is 53.2 Å². The molecule has 60 heavy (non-hydrogen) atoms. The Bertz CT molecular complexity index is 2800. The third-order valence-corrected chi connectivity index (χ3v) is 10.4. The van der Waals surface area contributed by atoms with Crippen LogP contribution in [0.2, 0.25) is 0 Å². The van der Waals surface area contributed by atoms with Crippen molar-refractivity contribution >= 4 is 56.8 Å². The van der Waals surface area contributed by atoms with Crippen LogP contribution in [0, 0.1) is 13.8 Å². The van der Waals surface area contributed by atoms with E-state index in [2.05, 4.69) is 40.1 Å². The summed E-state index contributed by atoms with van der Waals surface area (Å²) in [4.78, 5) is 22.7. The average molecular weight is 865 g/mol. The summed E-state index contributed by atoms with van der Waals surface area (Å²) in [6, 6.07) is 14.2. The number of allylic oxidation sites excluding steroid dienone is 2. The van der Waals surface area contributed by atoms with Gasteiger partial charge < -0.3 is 30.6 Å². The van der Waals surface area contributed by atoms with Crippen LogP contribution in [0.3, 0.4) is 0 Å². The topological polar surface area (TPSA) is 329 Å². The largest absolute Gasteiger partial charge is 0.502 e. The van der Waals surface area contributed by atoms with Gasteiger partial charge in [0.1, 0.15) is 27.4 Å². The maximum atomic E-state index is 11.8. The molecule has 6 rings (SSSR count). The minimum Gasteiger partial charge on any atom is -0.502 e. The van der Waals surface area contributed by atoms with E-state index < -0.39 is 67.7 Å². The van der Waals surface area contributed by atoms with Gasteiger partial charge >= 0.3 is 24.4 Å². The van der Waals surface area contributed by atoms with E-state index in [1.807, 2.05) is 12.1 Å². The van der Waals surface area contributed by atoms with Gasteiger partial charge in [-0.05, 0) is 95.7 Å². The van der Waals surface area contributed by atoms with Crippen molar-refractivity contribution in [2.24, 2.45) is 30.7 Å². The lowest BCUT2D eigenvalue weighted by atomic mass is 10.0. The Kier molecular flexibility index (Phi) is 12.1. The van der Waals surface area contributed by atoms with E-state index in [0.29, 0.717) is 40.6 Å². The molecule has 2 atom stereocenters. The Morgan fingerprint density at radius 3 is 1.57 bits per heavy atom. The number of hydrogen-bond donors (Lipinski definition) is 8. The maximum absolute atomic E-state index is 11.8. The summed E-state index contributed by atoms with van der Waals surface area (Å²) in [6.07, 6.45) is -3.31. The number of aliphatic hydroxyl groups excluding tert-OH is 2. The highest BCUT2D eigenvalue weighted by Gasteiger charge is 2.41. The van der Waals surface area contributed by atoms with Gasteiger partial charge in [-0.3, -0.25) is 4.55 Å². The molecule has 0 aromatic heterocycles. The molecule has 0 fully saturated rings. The summed E-state index contributed by atoms with van der Waals surface area (Å²) >= 11 is 0.441. The number of hydrogen-bond acceptors (Lipinski definition) is 18. The number of phenols is 2. The van der Waals surface area contributed by atoms with Crippen LogP contribution in [0.1, 0.15) is 45.7 Å². The average Bonchev–Trinajstić information content (AvgIpc) is 3.63. The molecule has 0 radical (unpaired) electrons. The molecular formula is C36H32N8O14S2+2. The van der Waals surface area contributed by atoms with Crippen molar-refractivity contribution in [1.29, 1.82) is 0 Å². The quantitative estimate of drug-likeness (QED) is 0.0163. The van der Waals surface area contributed by atoms with Crippen molar-refractivity contribution in [3.05, 3.63) is 106 Å². The van der Waals surface area contributed by atoms with E-state index in [1.54, 1.807) is 38.1 Å². The third kappa shape index (κ3) is 8.56. The van der Waals surface area contributed by atoms with Gasteiger partial charge in [0.15, 0.2) is 11.4 Å². The molecule has 2 aliphatic heterocycles. The molecule has 2 unspecified atom stereocenters. The zero-order valence-electron chi connectivity index (χ0n) is 31.3. The molecule has 4 aromatic rings. The van der Waals surface area contributed by atoms with Crippen LogP contribution in [0.4, 0.5) is 22.7 Å². The number of benzene rings is 4. The molecule has 0 aliphatic carbocycles. The lowest BCUT2D eigenvalue weighted by Crippen LogP contribution is -2.19. The molecule has 0 spiro atoms. The molecule has 22 nitrogen and oxygen atoms in total. The maximum Gasteiger partial charge on any atom is 0.339 e. The predicted octanol–water partition coefficient (Wildman–Crippen LogP) is 7.34. The number of carbonyl (C=O) groups is 2. The fourth-order valence-electron chi connectivity index (χ4n) is 5.98. The number of carboxylic acids is 2. The van der Waals surface area contributed by atoms with Gasteiger partial charge in [0.05, 0.1) is 23.4 Å². The smallest absolute Gasteiger partial charge is 0.339 e. The highest BCUT2D eigenvalue weighted by molar-refractivity contribution is 7.94. The number of azo groups is 6. The lowest BCUT2D eigenvalue weighted by molar-refractivity contribution is -0.576. The number of aromatic hydroxyl groups is 2. The molecule has 0 saturated heterocycles. The second kappa shape index (κ2) is 16.9. The Labute approximate surface area is 342 Å². The van der Waals surface area contributed by atoms with Gasteiger partial charge in [-0.15, -0.1) is 14.6 Å². The summed E-state index contributed by atoms with van der Waals surface area (Å²) in [5, 5.41) is 99.7. The monoisotopic (exact) mass is 864 g/mol. The molecule has 310 valence electrons. The second-order valence-electron chi connectivity index (χ2n) is 13.0. The number of aryl methyl sites for hydroxylation is 2. The standard InChI is InChI=1S/C36H30N8O14S2/c1-15-9-19(5-7-25(15)37-39-29-17(3)41-43(33(29)47)27-12-21(59-58-57-53)11-23(31(27)45)35(49)50)20-6-8-26(16(2)10-20)38-40-30-18(4)42-44(34(30)48)28-14-22(60(54,55)56)13-24(32(28)46)36(51)52/h5-14,33-34,47-48H,1-4H3,(H4-,45,49,50,51,52,53,54,55,56)/p+2. The third-order valence-electron chi connectivity index (χ3n) is 9.01. The van der Waals surface area contributed by atoms with E-state index in [1.165, 1.54) is 19.9 Å². The summed E-state index contributed by atoms with van der Waals surface area (Å²) in [6.45, 7) is 6.56. The van der Waals surface area contributed by atoms with Gasteiger partial charge in [0.25, 0.3) is 21.5 Å². The fraction of sp³-hybridized carbons (Fsp3) is 0.167. The first-order valence-electron chi connectivity index (χ1n) is 17.0. The van der Waals surface area contributed by atoms with Crippen LogP contribution >= 0.6 is 12.0 Å². The van der Waals surface area contributed by atoms with Crippen LogP contribution in [-0.2, 0) is 19.5 Å². The van der Waals surface area contributed by atoms with Crippen LogP contribution in [-0.4, -0.2) is 82.7 Å². The van der Waals surface area contributed by atoms with Crippen molar-refractivity contribution < 1.29 is 77.2 Å². The van der Waals surface area contributed by atoms with Crippen molar-refractivity contribution in [2.75, 3.05) is 0 Å². The minimum atomic E-state index is -4.91. The van der Waals surface area contributed by atoms with Crippen LogP contribution in [0.15, 0.2) is 124 Å². The van der Waals surface area contributed by atoms with Crippen LogP contribution in [0.25, 0.3) is 11.1 Å². The van der Waals surface area contributed by atoms with Crippen molar-refractivity contribution in [2.45, 2.75) is 49.9 Å². The highest BCUT2D eigenvalue weighted by Crippen LogP contribution is 2.41. The fourth-order valence-corrected chi connectivity index (χ4v) is 6.95. The summed E-state index contributed by atoms with van der Waals surface area (Å²) < 4.78 is 39.2. The Morgan fingerprint density at radius 2 is 1.15 bits per heavy atom. The minimum absolute atomic E-state index is 0.0115. The van der Waals surface area contributed by atoms with Crippen LogP contribution < -0.4 is 0 Å². The SMILES string of the molecule is CC1=C(N=Nc2ccc(-c3ccc(N=NC4=C(C)N=[N+](c5cc(S(=O)(=O)O)cc(C(=O)O)c5O)C4O)c(C)c3)cc2C)C(O)[N+](c2cc(SOOO)cc(C(=O)O)c2O)=N1. The summed E-state index contributed by atoms with van der Waals surface area (Å²) in [7, 11) is -4.91. The molecule has 0 amide bonds. The van der Waals surface area contributed by atoms with E-state index in [0.717, 1.165) is 32.7 Å². The zero-order chi connectivity index (χ0) is 43.8. The number of aromatic carboxylic acids is 2. The van der Waals surface area contributed by atoms with Crippen LogP contribution in [0.5, 0.6) is 11.5 Å². The lowest BCUT2D eigenvalue weighted by Gasteiger charge is -2.09. The predicted molar refractivity (Wildman–Crippen MR) is 203 cm³/mol. The van der Waals surface area contributed by atoms with E-state index >= 15 is 0 Å². The Morgan fingerprint density at radius 1 is 0.700 bits per heavy atom. The van der Waals surface area contributed by atoms with Gasteiger partial charge in [0.2, 0.25) is 11.5 Å². The number of aliphatic hydroxyl groups is 2. The molecule has 4 aromatic carbocycles. The Balaban J connectivity index is 1.17. The molecule has 0 saturated carbocycles. The van der Waals surface area contributed by atoms with E-state index in [-0.39, 0.29) is 33.4 Å². The Hall–Kier alpha value is -6.64. The van der Waals surface area contributed by atoms with Gasteiger partial charge in [-0.1, -0.05) is 17.2 Å². The first-order chi connectivity index (χ1) is 28.3. The van der Waals surface area contributed by atoms with Gasteiger partial charge in [-0.25, -0.2) is 14.8 Å². The van der Waals surface area contributed by atoms with E-state index in [4.69, 9.17) is 5.26 Å². The first kappa shape index (κ1) is 43.0. The van der Waals surface area contributed by atoms with Gasteiger partial charge in [0, 0.05) is 27.3 Å². The zero-order valence-corrected chi connectivity index (χ0v) is 33.0. The van der Waals surface area contributed by atoms with Crippen molar-refractivity contribution in [1.82, 2.24) is 0 Å². The molecule has 8 N–H and O–H groups in total. The molecule has 2 heterocycles. The molecule has 24 heteroatoms. The summed E-state index contributed by atoms with van der Waals surface area (Å²) in [5.74, 6) is -4.79. The van der Waals surface area contributed by atoms with Gasteiger partial charge in [-0.2, -0.15) is 18.6 Å². The number of carboxylic acid groups (broad SMARTS) is 2. The second-order valence-corrected chi connectivity index (χ2v) is 15.2. The normalized spacial score (nSPS) is 17.0. The molecule has 0 bridgehead atoms. The molecule has 2 aliphatic rings. The summed E-state index contributed by atoms with van der Waals surface area (Å²) in [5.41, 5.74) is 1.93. The number of nitrogens with zero attached hydrogens (tertiary/aromatic N) is 8.